The first-order chi connectivity index (χ1) is 9.45. The Balaban J connectivity index is 2.47. The molecule has 0 aliphatic rings. The molecule has 0 saturated heterocycles. The summed E-state index contributed by atoms with van der Waals surface area (Å²) in [5.41, 5.74) is 6.98. The Morgan fingerprint density at radius 3 is 2.45 bits per heavy atom. The Kier molecular flexibility index (Phi) is 3.89. The second kappa shape index (κ2) is 5.46. The molecule has 20 heavy (non-hydrogen) atoms. The number of sulfonamides is 1. The van der Waals surface area contributed by atoms with Crippen molar-refractivity contribution in [1.29, 1.82) is 0 Å². The minimum Gasteiger partial charge on any atom is -0.368 e. The van der Waals surface area contributed by atoms with Crippen molar-refractivity contribution in [2.75, 3.05) is 16.6 Å². The van der Waals surface area contributed by atoms with Gasteiger partial charge in [0.15, 0.2) is 0 Å². The fraction of sp³-hybridized carbons (Fsp3) is 0.231. The first kappa shape index (κ1) is 14.3. The number of nitrogen functional groups attached to an aromatic ring is 1. The SMILES string of the molecule is CCN(c1cccc(C)c1)S(=O)(=O)c1cnc(N)nc1. The molecule has 1 heterocycles. The summed E-state index contributed by atoms with van der Waals surface area (Å²) in [6, 6.07) is 7.31. The van der Waals surface area contributed by atoms with E-state index in [0.717, 1.165) is 5.56 Å². The van der Waals surface area contributed by atoms with Crippen molar-refractivity contribution in [3.63, 3.8) is 0 Å². The molecule has 0 amide bonds. The van der Waals surface area contributed by atoms with Gasteiger partial charge in [0.2, 0.25) is 5.95 Å². The number of nitrogens with two attached hydrogens (primary N) is 1. The molecule has 0 spiro atoms. The molecule has 0 aliphatic heterocycles. The molecule has 2 aromatic rings. The highest BCUT2D eigenvalue weighted by Gasteiger charge is 2.24. The predicted octanol–water partition coefficient (Wildman–Crippen LogP) is 1.58. The zero-order valence-corrected chi connectivity index (χ0v) is 12.1. The third-order valence-corrected chi connectivity index (χ3v) is 4.67. The van der Waals surface area contributed by atoms with Crippen molar-refractivity contribution < 1.29 is 8.42 Å². The first-order valence-corrected chi connectivity index (χ1v) is 7.56. The lowest BCUT2D eigenvalue weighted by atomic mass is 10.2. The van der Waals surface area contributed by atoms with Gasteiger partial charge in [-0.3, -0.25) is 4.31 Å². The molecular weight excluding hydrogens is 276 g/mol. The minimum atomic E-state index is -3.68. The number of aryl methyl sites for hydroxylation is 1. The zero-order valence-electron chi connectivity index (χ0n) is 11.3. The summed E-state index contributed by atoms with van der Waals surface area (Å²) in [5, 5.41) is 0. The van der Waals surface area contributed by atoms with E-state index in [2.05, 4.69) is 9.97 Å². The first-order valence-electron chi connectivity index (χ1n) is 6.12. The van der Waals surface area contributed by atoms with E-state index in [-0.39, 0.29) is 10.8 Å². The average Bonchev–Trinajstić information content (AvgIpc) is 2.40. The van der Waals surface area contributed by atoms with E-state index in [1.807, 2.05) is 25.1 Å². The fourth-order valence-corrected chi connectivity index (χ4v) is 3.22. The van der Waals surface area contributed by atoms with Crippen molar-refractivity contribution in [1.82, 2.24) is 9.97 Å². The molecule has 0 bridgehead atoms. The molecule has 1 aromatic carbocycles. The fourth-order valence-electron chi connectivity index (χ4n) is 1.86. The Morgan fingerprint density at radius 2 is 1.90 bits per heavy atom. The van der Waals surface area contributed by atoms with Gasteiger partial charge < -0.3 is 5.73 Å². The second-order valence-electron chi connectivity index (χ2n) is 4.29. The summed E-state index contributed by atoms with van der Waals surface area (Å²) in [6.45, 7) is 4.00. The summed E-state index contributed by atoms with van der Waals surface area (Å²) >= 11 is 0. The van der Waals surface area contributed by atoms with Gasteiger partial charge in [0.1, 0.15) is 4.90 Å². The maximum atomic E-state index is 12.6. The lowest BCUT2D eigenvalue weighted by molar-refractivity contribution is 0.591. The van der Waals surface area contributed by atoms with Crippen LogP contribution >= 0.6 is 0 Å². The van der Waals surface area contributed by atoms with Gasteiger partial charge in [-0.15, -0.1) is 0 Å². The van der Waals surface area contributed by atoms with Crippen LogP contribution in [0.1, 0.15) is 12.5 Å². The largest absolute Gasteiger partial charge is 0.368 e. The number of benzene rings is 1. The molecule has 2 N–H and O–H groups in total. The minimum absolute atomic E-state index is 0.0232. The summed E-state index contributed by atoms with van der Waals surface area (Å²) in [7, 11) is -3.68. The van der Waals surface area contributed by atoms with Crippen LogP contribution in [-0.2, 0) is 10.0 Å². The van der Waals surface area contributed by atoms with Crippen LogP contribution in [0.25, 0.3) is 0 Å². The molecule has 7 heteroatoms. The molecule has 0 radical (unpaired) electrons. The Hall–Kier alpha value is -2.15. The molecule has 0 atom stereocenters. The van der Waals surface area contributed by atoms with Crippen molar-refractivity contribution in [2.24, 2.45) is 0 Å². The summed E-state index contributed by atoms with van der Waals surface area (Å²) in [6.07, 6.45) is 2.44. The van der Waals surface area contributed by atoms with Crippen LogP contribution in [0.15, 0.2) is 41.6 Å². The van der Waals surface area contributed by atoms with Crippen LogP contribution in [-0.4, -0.2) is 24.9 Å². The van der Waals surface area contributed by atoms with Gasteiger partial charge in [-0.1, -0.05) is 12.1 Å². The number of anilines is 2. The van der Waals surface area contributed by atoms with Crippen LogP contribution in [0.3, 0.4) is 0 Å². The molecule has 2 rings (SSSR count). The van der Waals surface area contributed by atoms with Crippen LogP contribution in [0.2, 0.25) is 0 Å². The summed E-state index contributed by atoms with van der Waals surface area (Å²) in [5.74, 6) is 0.0440. The number of aromatic nitrogens is 2. The van der Waals surface area contributed by atoms with Crippen molar-refractivity contribution in [2.45, 2.75) is 18.7 Å². The zero-order chi connectivity index (χ0) is 14.8. The van der Waals surface area contributed by atoms with Crippen LogP contribution < -0.4 is 10.0 Å². The molecule has 106 valence electrons. The number of hydrogen-bond acceptors (Lipinski definition) is 5. The standard InChI is InChI=1S/C13H16N4O2S/c1-3-17(11-6-4-5-10(2)7-11)20(18,19)12-8-15-13(14)16-9-12/h4-9H,3H2,1-2H3,(H2,14,15,16). The third kappa shape index (κ3) is 2.72. The van der Waals surface area contributed by atoms with Crippen molar-refractivity contribution in [3.05, 3.63) is 42.2 Å². The van der Waals surface area contributed by atoms with Gasteiger partial charge >= 0.3 is 0 Å². The Labute approximate surface area is 118 Å². The monoisotopic (exact) mass is 292 g/mol. The van der Waals surface area contributed by atoms with E-state index in [9.17, 15) is 8.42 Å². The van der Waals surface area contributed by atoms with Gasteiger partial charge in [0, 0.05) is 6.54 Å². The molecule has 1 aromatic heterocycles. The number of hydrogen-bond donors (Lipinski definition) is 1. The number of nitrogens with zero attached hydrogens (tertiary/aromatic N) is 3. The lowest BCUT2D eigenvalue weighted by Crippen LogP contribution is -2.31. The highest BCUT2D eigenvalue weighted by Crippen LogP contribution is 2.23. The third-order valence-electron chi connectivity index (χ3n) is 2.81. The van der Waals surface area contributed by atoms with Gasteiger partial charge in [-0.25, -0.2) is 18.4 Å². The van der Waals surface area contributed by atoms with Crippen molar-refractivity contribution >= 4 is 21.7 Å². The van der Waals surface area contributed by atoms with Gasteiger partial charge in [0.25, 0.3) is 10.0 Å². The molecule has 0 saturated carbocycles. The smallest absolute Gasteiger partial charge is 0.267 e. The number of rotatable bonds is 4. The molecular formula is C13H16N4O2S. The van der Waals surface area contributed by atoms with E-state index < -0.39 is 10.0 Å². The highest BCUT2D eigenvalue weighted by atomic mass is 32.2. The van der Waals surface area contributed by atoms with E-state index in [0.29, 0.717) is 12.2 Å². The van der Waals surface area contributed by atoms with Crippen LogP contribution in [0.5, 0.6) is 0 Å². The molecule has 0 aliphatic carbocycles. The molecule has 0 unspecified atom stereocenters. The van der Waals surface area contributed by atoms with E-state index in [1.54, 1.807) is 13.0 Å². The van der Waals surface area contributed by atoms with Crippen molar-refractivity contribution in [3.8, 4) is 0 Å². The maximum Gasteiger partial charge on any atom is 0.267 e. The van der Waals surface area contributed by atoms with Gasteiger partial charge in [-0.2, -0.15) is 0 Å². The average molecular weight is 292 g/mol. The lowest BCUT2D eigenvalue weighted by Gasteiger charge is -2.22. The summed E-state index contributed by atoms with van der Waals surface area (Å²) in [4.78, 5) is 7.49. The maximum absolute atomic E-state index is 12.6. The quantitative estimate of drug-likeness (QED) is 0.924. The second-order valence-corrected chi connectivity index (χ2v) is 6.15. The molecule has 0 fully saturated rings. The van der Waals surface area contributed by atoms with Crippen LogP contribution in [0, 0.1) is 6.92 Å². The van der Waals surface area contributed by atoms with Crippen LogP contribution in [0.4, 0.5) is 11.6 Å². The highest BCUT2D eigenvalue weighted by molar-refractivity contribution is 7.92. The molecule has 6 nitrogen and oxygen atoms in total. The van der Waals surface area contributed by atoms with E-state index in [1.165, 1.54) is 16.7 Å². The van der Waals surface area contributed by atoms with Gasteiger partial charge in [-0.05, 0) is 31.5 Å². The topological polar surface area (TPSA) is 89.2 Å². The normalized spacial score (nSPS) is 11.3. The van der Waals surface area contributed by atoms with E-state index >= 15 is 0 Å². The van der Waals surface area contributed by atoms with Gasteiger partial charge in [0.05, 0.1) is 18.1 Å². The Morgan fingerprint density at radius 1 is 1.25 bits per heavy atom. The summed E-state index contributed by atoms with van der Waals surface area (Å²) < 4.78 is 26.5. The van der Waals surface area contributed by atoms with E-state index in [4.69, 9.17) is 5.73 Å². The Bertz CT molecular complexity index is 699. The predicted molar refractivity (Wildman–Crippen MR) is 77.8 cm³/mol.